The monoisotopic (exact) mass is 414 g/mol. The van der Waals surface area contributed by atoms with Gasteiger partial charge in [0.05, 0.1) is 17.7 Å². The molecule has 0 bridgehead atoms. The molecular formula is C21H16ClFN2O4. The molecule has 0 aliphatic rings. The van der Waals surface area contributed by atoms with Crippen LogP contribution in [0.1, 0.15) is 26.3 Å². The molecule has 0 unspecified atom stereocenters. The molecule has 1 N–H and O–H groups in total. The first-order chi connectivity index (χ1) is 14.0. The summed E-state index contributed by atoms with van der Waals surface area (Å²) >= 11 is 5.97. The average Bonchev–Trinajstić information content (AvgIpc) is 2.74. The second-order valence-electron chi connectivity index (χ2n) is 5.93. The van der Waals surface area contributed by atoms with Gasteiger partial charge >= 0.3 is 5.97 Å². The van der Waals surface area contributed by atoms with E-state index in [1.165, 1.54) is 43.6 Å². The highest BCUT2D eigenvalue weighted by Crippen LogP contribution is 2.25. The van der Waals surface area contributed by atoms with Crippen LogP contribution in [0.4, 0.5) is 4.39 Å². The van der Waals surface area contributed by atoms with Gasteiger partial charge in [-0.15, -0.1) is 0 Å². The summed E-state index contributed by atoms with van der Waals surface area (Å²) in [7, 11) is 1.31. The summed E-state index contributed by atoms with van der Waals surface area (Å²) in [5.74, 6) is -0.923. The molecule has 2 aromatic carbocycles. The molecule has 8 heteroatoms. The molecule has 3 rings (SSSR count). The third-order valence-corrected chi connectivity index (χ3v) is 4.13. The zero-order valence-corrected chi connectivity index (χ0v) is 16.1. The average molecular weight is 415 g/mol. The molecule has 3 aromatic rings. The highest BCUT2D eigenvalue weighted by Gasteiger charge is 2.16. The predicted molar refractivity (Wildman–Crippen MR) is 105 cm³/mol. The molecule has 0 atom stereocenters. The van der Waals surface area contributed by atoms with Gasteiger partial charge in [0, 0.05) is 12.7 Å². The topological polar surface area (TPSA) is 77.5 Å². The van der Waals surface area contributed by atoms with E-state index in [2.05, 4.69) is 15.0 Å². The fraction of sp³-hybridized carbons (Fsp3) is 0.0952. The van der Waals surface area contributed by atoms with Gasteiger partial charge in [-0.3, -0.25) is 4.79 Å². The van der Waals surface area contributed by atoms with Gasteiger partial charge in [-0.25, -0.2) is 14.2 Å². The van der Waals surface area contributed by atoms with E-state index in [4.69, 9.17) is 16.3 Å². The first kappa shape index (κ1) is 20.3. The number of hydrogen-bond donors (Lipinski definition) is 1. The van der Waals surface area contributed by atoms with Crippen LogP contribution >= 0.6 is 11.6 Å². The van der Waals surface area contributed by atoms with Crippen molar-refractivity contribution >= 4 is 23.5 Å². The van der Waals surface area contributed by atoms with Gasteiger partial charge in [0.25, 0.3) is 5.91 Å². The Labute approximate surface area is 171 Å². The quantitative estimate of drug-likeness (QED) is 0.605. The molecule has 1 heterocycles. The molecule has 1 aromatic heterocycles. The van der Waals surface area contributed by atoms with Crippen LogP contribution in [-0.2, 0) is 11.3 Å². The summed E-state index contributed by atoms with van der Waals surface area (Å²) < 4.78 is 23.3. The highest BCUT2D eigenvalue weighted by molar-refractivity contribution is 6.30. The number of benzene rings is 2. The number of nitrogens with zero attached hydrogens (tertiary/aromatic N) is 1. The van der Waals surface area contributed by atoms with Crippen molar-refractivity contribution in [3.05, 3.63) is 88.3 Å². The summed E-state index contributed by atoms with van der Waals surface area (Å²) in [6.45, 7) is 0.211. The molecule has 0 spiro atoms. The van der Waals surface area contributed by atoms with E-state index in [0.717, 1.165) is 5.56 Å². The van der Waals surface area contributed by atoms with Gasteiger partial charge in [0.2, 0.25) is 5.88 Å². The summed E-state index contributed by atoms with van der Waals surface area (Å²) in [6, 6.07) is 13.4. The number of hydrogen-bond acceptors (Lipinski definition) is 5. The standard InChI is InChI=1S/C21H16ClFN2O4/c1-28-21(27)14-4-2-13(3-5-14)11-24-19(26)18-10-15(22)12-25-20(18)29-17-8-6-16(23)7-9-17/h2-10,12H,11H2,1H3,(H,24,26). The third-order valence-electron chi connectivity index (χ3n) is 3.92. The Hall–Kier alpha value is -3.45. The number of halogens is 2. The second kappa shape index (κ2) is 9.16. The van der Waals surface area contributed by atoms with Crippen molar-refractivity contribution in [2.24, 2.45) is 0 Å². The van der Waals surface area contributed by atoms with Crippen LogP contribution in [-0.4, -0.2) is 24.0 Å². The molecule has 0 aliphatic carbocycles. The van der Waals surface area contributed by atoms with Gasteiger partial charge in [-0.05, 0) is 48.0 Å². The number of pyridine rings is 1. The minimum atomic E-state index is -0.450. The van der Waals surface area contributed by atoms with Crippen LogP contribution in [0.2, 0.25) is 5.02 Å². The third kappa shape index (κ3) is 5.30. The largest absolute Gasteiger partial charge is 0.465 e. The van der Waals surface area contributed by atoms with E-state index in [1.54, 1.807) is 24.3 Å². The molecule has 0 saturated heterocycles. The van der Waals surface area contributed by atoms with Gasteiger partial charge in [-0.1, -0.05) is 23.7 Å². The summed E-state index contributed by atoms with van der Waals surface area (Å²) in [5, 5.41) is 3.01. The Morgan fingerprint density at radius 2 is 1.79 bits per heavy atom. The Morgan fingerprint density at radius 3 is 2.45 bits per heavy atom. The molecule has 0 aliphatic heterocycles. The first-order valence-corrected chi connectivity index (χ1v) is 8.88. The van der Waals surface area contributed by atoms with Crippen LogP contribution in [0.5, 0.6) is 11.6 Å². The number of methoxy groups -OCH3 is 1. The number of carbonyl (C=O) groups excluding carboxylic acids is 2. The maximum absolute atomic E-state index is 13.1. The lowest BCUT2D eigenvalue weighted by Crippen LogP contribution is -2.23. The first-order valence-electron chi connectivity index (χ1n) is 8.50. The number of aromatic nitrogens is 1. The van der Waals surface area contributed by atoms with Gasteiger partial charge in [-0.2, -0.15) is 0 Å². The Balaban J connectivity index is 1.72. The lowest BCUT2D eigenvalue weighted by Gasteiger charge is -2.11. The summed E-state index contributed by atoms with van der Waals surface area (Å²) in [6.07, 6.45) is 1.35. The maximum Gasteiger partial charge on any atom is 0.337 e. The number of ether oxygens (including phenoxy) is 2. The zero-order chi connectivity index (χ0) is 20.8. The van der Waals surface area contributed by atoms with Crippen LogP contribution in [0.3, 0.4) is 0 Å². The zero-order valence-electron chi connectivity index (χ0n) is 15.3. The van der Waals surface area contributed by atoms with E-state index in [1.807, 2.05) is 0 Å². The maximum atomic E-state index is 13.1. The molecule has 148 valence electrons. The van der Waals surface area contributed by atoms with Crippen molar-refractivity contribution in [3.63, 3.8) is 0 Å². The fourth-order valence-electron chi connectivity index (χ4n) is 2.44. The minimum Gasteiger partial charge on any atom is -0.465 e. The van der Waals surface area contributed by atoms with Crippen molar-refractivity contribution in [1.82, 2.24) is 10.3 Å². The Morgan fingerprint density at radius 1 is 1.10 bits per heavy atom. The van der Waals surface area contributed by atoms with Crippen molar-refractivity contribution in [3.8, 4) is 11.6 Å². The lowest BCUT2D eigenvalue weighted by atomic mass is 10.1. The van der Waals surface area contributed by atoms with Crippen molar-refractivity contribution in [2.45, 2.75) is 6.54 Å². The minimum absolute atomic E-state index is 0.0412. The number of nitrogens with one attached hydrogen (secondary N) is 1. The molecule has 6 nitrogen and oxygen atoms in total. The van der Waals surface area contributed by atoms with Gasteiger partial charge < -0.3 is 14.8 Å². The normalized spacial score (nSPS) is 10.3. The molecule has 0 radical (unpaired) electrons. The van der Waals surface area contributed by atoms with E-state index in [0.29, 0.717) is 11.3 Å². The molecule has 29 heavy (non-hydrogen) atoms. The number of rotatable bonds is 6. The molecule has 1 amide bonds. The Bertz CT molecular complexity index is 1020. The SMILES string of the molecule is COC(=O)c1ccc(CNC(=O)c2cc(Cl)cnc2Oc2ccc(F)cc2)cc1. The lowest BCUT2D eigenvalue weighted by molar-refractivity contribution is 0.0600. The summed E-state index contributed by atoms with van der Waals surface area (Å²) in [5.41, 5.74) is 1.33. The molecule has 0 fully saturated rings. The van der Waals surface area contributed by atoms with Gasteiger partial charge in [0.15, 0.2) is 0 Å². The van der Waals surface area contributed by atoms with Crippen molar-refractivity contribution in [2.75, 3.05) is 7.11 Å². The van der Waals surface area contributed by atoms with Crippen LogP contribution < -0.4 is 10.1 Å². The van der Waals surface area contributed by atoms with Crippen molar-refractivity contribution in [1.29, 1.82) is 0 Å². The van der Waals surface area contributed by atoms with E-state index in [9.17, 15) is 14.0 Å². The van der Waals surface area contributed by atoms with E-state index >= 15 is 0 Å². The Kier molecular flexibility index (Phi) is 6.41. The smallest absolute Gasteiger partial charge is 0.337 e. The van der Waals surface area contributed by atoms with Gasteiger partial charge in [0.1, 0.15) is 17.1 Å². The summed E-state index contributed by atoms with van der Waals surface area (Å²) in [4.78, 5) is 28.2. The molecule has 0 saturated carbocycles. The van der Waals surface area contributed by atoms with E-state index < -0.39 is 17.7 Å². The molecular weight excluding hydrogens is 399 g/mol. The van der Waals surface area contributed by atoms with Crippen LogP contribution in [0.25, 0.3) is 0 Å². The fourth-order valence-corrected chi connectivity index (χ4v) is 2.60. The highest BCUT2D eigenvalue weighted by atomic mass is 35.5. The predicted octanol–water partition coefficient (Wildman–Crippen LogP) is 4.38. The van der Waals surface area contributed by atoms with Crippen molar-refractivity contribution < 1.29 is 23.5 Å². The number of carbonyl (C=O) groups is 2. The second-order valence-corrected chi connectivity index (χ2v) is 6.37. The number of amides is 1. The van der Waals surface area contributed by atoms with E-state index in [-0.39, 0.29) is 23.0 Å². The van der Waals surface area contributed by atoms with Crippen LogP contribution in [0.15, 0.2) is 60.8 Å². The number of esters is 1. The van der Waals surface area contributed by atoms with Crippen LogP contribution in [0, 0.1) is 5.82 Å².